The van der Waals surface area contributed by atoms with Crippen LogP contribution in [0.1, 0.15) is 25.7 Å². The van der Waals surface area contributed by atoms with Crippen LogP contribution in [0.2, 0.25) is 5.02 Å². The molecule has 0 saturated heterocycles. The first kappa shape index (κ1) is 14.5. The quantitative estimate of drug-likeness (QED) is 0.769. The topological polar surface area (TPSA) is 105 Å². The number of aliphatic hydroxyl groups excluding tert-OH is 1. The van der Waals surface area contributed by atoms with Gasteiger partial charge in [0.15, 0.2) is 0 Å². The van der Waals surface area contributed by atoms with Gasteiger partial charge in [0, 0.05) is 12.2 Å². The van der Waals surface area contributed by atoms with Crippen molar-refractivity contribution in [1.29, 1.82) is 0 Å². The van der Waals surface area contributed by atoms with Crippen LogP contribution in [-0.4, -0.2) is 30.7 Å². The fraction of sp³-hybridized carbons (Fsp3) is 0.545. The maximum absolute atomic E-state index is 12.1. The van der Waals surface area contributed by atoms with Crippen molar-refractivity contribution in [2.24, 2.45) is 0 Å². The van der Waals surface area contributed by atoms with E-state index < -0.39 is 10.0 Å². The normalized spacial score (nSPS) is 24.3. The SMILES string of the molecule is Nc1ncc(S(=O)(=O)NC2CCC(O)CC2)cc1Cl. The summed E-state index contributed by atoms with van der Waals surface area (Å²) < 4.78 is 26.9. The van der Waals surface area contributed by atoms with Crippen molar-refractivity contribution >= 4 is 27.4 Å². The summed E-state index contributed by atoms with van der Waals surface area (Å²) in [5.74, 6) is 0.0985. The zero-order valence-electron chi connectivity index (χ0n) is 10.2. The second-order valence-corrected chi connectivity index (χ2v) is 6.79. The van der Waals surface area contributed by atoms with E-state index in [0.29, 0.717) is 25.7 Å². The molecule has 0 radical (unpaired) electrons. The largest absolute Gasteiger partial charge is 0.393 e. The first-order chi connectivity index (χ1) is 8.88. The Kier molecular flexibility index (Phi) is 4.29. The first-order valence-corrected chi connectivity index (χ1v) is 7.86. The number of pyridine rings is 1. The van der Waals surface area contributed by atoms with Crippen molar-refractivity contribution in [1.82, 2.24) is 9.71 Å². The molecule has 1 saturated carbocycles. The summed E-state index contributed by atoms with van der Waals surface area (Å²) in [4.78, 5) is 3.73. The smallest absolute Gasteiger partial charge is 0.242 e. The third-order valence-corrected chi connectivity index (χ3v) is 4.96. The van der Waals surface area contributed by atoms with Crippen LogP contribution in [0.15, 0.2) is 17.2 Å². The van der Waals surface area contributed by atoms with Crippen LogP contribution in [0.25, 0.3) is 0 Å². The number of rotatable bonds is 3. The van der Waals surface area contributed by atoms with Crippen LogP contribution < -0.4 is 10.5 Å². The number of nitrogens with one attached hydrogen (secondary N) is 1. The van der Waals surface area contributed by atoms with Gasteiger partial charge in [-0.1, -0.05) is 11.6 Å². The number of halogens is 1. The van der Waals surface area contributed by atoms with Crippen LogP contribution in [-0.2, 0) is 10.0 Å². The molecule has 106 valence electrons. The third kappa shape index (κ3) is 3.56. The number of sulfonamides is 1. The number of nitrogens with two attached hydrogens (primary N) is 1. The summed E-state index contributed by atoms with van der Waals surface area (Å²) in [6, 6.07) is 1.12. The summed E-state index contributed by atoms with van der Waals surface area (Å²) in [5.41, 5.74) is 5.45. The summed E-state index contributed by atoms with van der Waals surface area (Å²) in [6.45, 7) is 0. The van der Waals surface area contributed by atoms with E-state index in [1.54, 1.807) is 0 Å². The van der Waals surface area contributed by atoms with E-state index in [1.807, 2.05) is 0 Å². The van der Waals surface area contributed by atoms with Crippen LogP contribution in [0, 0.1) is 0 Å². The monoisotopic (exact) mass is 305 g/mol. The van der Waals surface area contributed by atoms with Crippen molar-refractivity contribution in [3.05, 3.63) is 17.3 Å². The van der Waals surface area contributed by atoms with Crippen molar-refractivity contribution < 1.29 is 13.5 Å². The molecule has 19 heavy (non-hydrogen) atoms. The third-order valence-electron chi connectivity index (χ3n) is 3.17. The molecule has 0 bridgehead atoms. The molecule has 1 aromatic rings. The number of nitrogens with zero attached hydrogens (tertiary/aromatic N) is 1. The average Bonchev–Trinajstić information content (AvgIpc) is 2.35. The molecule has 0 amide bonds. The van der Waals surface area contributed by atoms with Crippen LogP contribution in [0.5, 0.6) is 0 Å². The van der Waals surface area contributed by atoms with Gasteiger partial charge in [-0.15, -0.1) is 0 Å². The molecule has 1 aliphatic rings. The van der Waals surface area contributed by atoms with Gasteiger partial charge in [-0.05, 0) is 31.7 Å². The van der Waals surface area contributed by atoms with E-state index in [1.165, 1.54) is 12.3 Å². The molecule has 8 heteroatoms. The van der Waals surface area contributed by atoms with E-state index in [0.717, 1.165) is 0 Å². The van der Waals surface area contributed by atoms with E-state index in [4.69, 9.17) is 17.3 Å². The Morgan fingerprint density at radius 1 is 1.37 bits per heavy atom. The highest BCUT2D eigenvalue weighted by atomic mass is 35.5. The van der Waals surface area contributed by atoms with Gasteiger partial charge in [0.1, 0.15) is 10.7 Å². The number of aliphatic hydroxyl groups is 1. The Balaban J connectivity index is 2.11. The van der Waals surface area contributed by atoms with Crippen molar-refractivity contribution in [2.45, 2.75) is 42.7 Å². The lowest BCUT2D eigenvalue weighted by Gasteiger charge is -2.25. The molecular formula is C11H16ClN3O3S. The Bertz CT molecular complexity index is 556. The number of hydrogen-bond acceptors (Lipinski definition) is 5. The van der Waals surface area contributed by atoms with Crippen molar-refractivity contribution in [2.75, 3.05) is 5.73 Å². The number of anilines is 1. The van der Waals surface area contributed by atoms with Gasteiger partial charge < -0.3 is 10.8 Å². The number of nitrogen functional groups attached to an aromatic ring is 1. The lowest BCUT2D eigenvalue weighted by Crippen LogP contribution is -2.38. The Morgan fingerprint density at radius 2 is 2.00 bits per heavy atom. The molecule has 0 spiro atoms. The van der Waals surface area contributed by atoms with E-state index >= 15 is 0 Å². The maximum atomic E-state index is 12.1. The van der Waals surface area contributed by atoms with E-state index in [2.05, 4.69) is 9.71 Å². The Labute approximate surface area is 117 Å². The molecule has 0 unspecified atom stereocenters. The summed E-state index contributed by atoms with van der Waals surface area (Å²) in [6.07, 6.45) is 3.31. The van der Waals surface area contributed by atoms with E-state index in [-0.39, 0.29) is 27.9 Å². The molecule has 2 rings (SSSR count). The Morgan fingerprint density at radius 3 is 2.58 bits per heavy atom. The summed E-state index contributed by atoms with van der Waals surface area (Å²) in [5, 5.41) is 9.50. The molecule has 6 nitrogen and oxygen atoms in total. The lowest BCUT2D eigenvalue weighted by atomic mass is 9.94. The minimum absolute atomic E-state index is 0.00202. The summed E-state index contributed by atoms with van der Waals surface area (Å²) >= 11 is 5.77. The second-order valence-electron chi connectivity index (χ2n) is 4.66. The van der Waals surface area contributed by atoms with Crippen LogP contribution in [0.4, 0.5) is 5.82 Å². The van der Waals surface area contributed by atoms with Gasteiger partial charge in [-0.25, -0.2) is 18.1 Å². The molecule has 0 aromatic carbocycles. The standard InChI is InChI=1S/C11H16ClN3O3S/c12-10-5-9(6-14-11(10)13)19(17,18)15-7-1-3-8(16)4-2-7/h5-8,15-16H,1-4H2,(H2,13,14). The zero-order valence-corrected chi connectivity index (χ0v) is 11.8. The Hall–Kier alpha value is -0.890. The van der Waals surface area contributed by atoms with Gasteiger partial charge >= 0.3 is 0 Å². The van der Waals surface area contributed by atoms with Gasteiger partial charge in [0.2, 0.25) is 10.0 Å². The predicted octanol–water partition coefficient (Wildman–Crippen LogP) is 0.899. The highest BCUT2D eigenvalue weighted by Crippen LogP contribution is 2.23. The first-order valence-electron chi connectivity index (χ1n) is 6.00. The van der Waals surface area contributed by atoms with Crippen molar-refractivity contribution in [3.8, 4) is 0 Å². The number of aromatic nitrogens is 1. The molecule has 0 atom stereocenters. The molecule has 1 fully saturated rings. The fourth-order valence-corrected chi connectivity index (χ4v) is 3.57. The second kappa shape index (κ2) is 5.62. The highest BCUT2D eigenvalue weighted by molar-refractivity contribution is 7.89. The van der Waals surface area contributed by atoms with Crippen molar-refractivity contribution in [3.63, 3.8) is 0 Å². The van der Waals surface area contributed by atoms with Crippen LogP contribution >= 0.6 is 11.6 Å². The molecule has 1 aliphatic carbocycles. The van der Waals surface area contributed by atoms with Gasteiger partial charge in [0.05, 0.1) is 11.1 Å². The zero-order chi connectivity index (χ0) is 14.0. The maximum Gasteiger partial charge on any atom is 0.242 e. The van der Waals surface area contributed by atoms with Gasteiger partial charge in [0.25, 0.3) is 0 Å². The van der Waals surface area contributed by atoms with Gasteiger partial charge in [-0.3, -0.25) is 0 Å². The lowest BCUT2D eigenvalue weighted by molar-refractivity contribution is 0.120. The molecule has 4 N–H and O–H groups in total. The minimum atomic E-state index is -3.65. The van der Waals surface area contributed by atoms with Gasteiger partial charge in [-0.2, -0.15) is 0 Å². The molecular weight excluding hydrogens is 290 g/mol. The highest BCUT2D eigenvalue weighted by Gasteiger charge is 2.25. The minimum Gasteiger partial charge on any atom is -0.393 e. The average molecular weight is 306 g/mol. The molecule has 1 heterocycles. The predicted molar refractivity (Wildman–Crippen MR) is 72.2 cm³/mol. The molecule has 0 aliphatic heterocycles. The fourth-order valence-electron chi connectivity index (χ4n) is 2.06. The number of hydrogen-bond donors (Lipinski definition) is 3. The van der Waals surface area contributed by atoms with Crippen LogP contribution in [0.3, 0.4) is 0 Å². The van der Waals surface area contributed by atoms with E-state index in [9.17, 15) is 13.5 Å². The summed E-state index contributed by atoms with van der Waals surface area (Å²) in [7, 11) is -3.65. The molecule has 1 aromatic heterocycles.